The number of aryl methyl sites for hydroxylation is 2. The van der Waals surface area contributed by atoms with E-state index in [0.29, 0.717) is 36.8 Å². The molecule has 2 saturated heterocycles. The van der Waals surface area contributed by atoms with Gasteiger partial charge in [0.15, 0.2) is 0 Å². The molecule has 0 radical (unpaired) electrons. The number of rotatable bonds is 8. The minimum absolute atomic E-state index is 0. The van der Waals surface area contributed by atoms with Crippen molar-refractivity contribution >= 4 is 23.6 Å². The molecule has 4 aromatic rings. The number of carbonyl (C=O) groups is 4. The van der Waals surface area contributed by atoms with Gasteiger partial charge in [-0.1, -0.05) is 12.8 Å². The van der Waals surface area contributed by atoms with Crippen molar-refractivity contribution in [1.29, 1.82) is 0 Å². The van der Waals surface area contributed by atoms with Crippen molar-refractivity contribution < 1.29 is 58.5 Å². The van der Waals surface area contributed by atoms with Crippen molar-refractivity contribution in [3.05, 3.63) is 131 Å². The molecular weight excluding hydrogens is 648 g/mol. The van der Waals surface area contributed by atoms with Gasteiger partial charge in [0, 0.05) is 62.0 Å². The maximum Gasteiger partial charge on any atom is 4.00 e. The monoisotopic (exact) mass is 682 g/mol. The summed E-state index contributed by atoms with van der Waals surface area (Å²) in [5, 5.41) is 0. The molecule has 4 amide bonds. The zero-order chi connectivity index (χ0) is 33.3. The van der Waals surface area contributed by atoms with Gasteiger partial charge in [0.25, 0.3) is 0 Å². The number of nitrogens with zero attached hydrogens (tertiary/aromatic N) is 2. The first-order chi connectivity index (χ1) is 22.2. The third kappa shape index (κ3) is 13.6. The van der Waals surface area contributed by atoms with Crippen molar-refractivity contribution in [2.75, 3.05) is 13.1 Å². The Morgan fingerprint density at radius 2 is 0.872 bits per heavy atom. The van der Waals surface area contributed by atoms with Gasteiger partial charge in [-0.2, -0.15) is 48.5 Å². The zero-order valence-electron chi connectivity index (χ0n) is 25.7. The predicted molar refractivity (Wildman–Crippen MR) is 163 cm³/mol. The first-order valence-electron chi connectivity index (χ1n) is 14.9. The fourth-order valence-electron chi connectivity index (χ4n) is 4.57. The first kappa shape index (κ1) is 39.0. The number of benzene rings is 2. The topological polar surface area (TPSA) is 74.8 Å². The molecule has 0 aliphatic carbocycles. The number of carbonyl (C=O) groups excluding carboxylic acids is 4. The Bertz CT molecular complexity index is 1360. The molecule has 2 heterocycles. The molecule has 244 valence electrons. The predicted octanol–water partition coefficient (Wildman–Crippen LogP) is 6.50. The van der Waals surface area contributed by atoms with Gasteiger partial charge in [-0.25, -0.2) is 41.8 Å². The van der Waals surface area contributed by atoms with E-state index in [9.17, 15) is 36.7 Å². The normalized spacial score (nSPS) is 13.6. The van der Waals surface area contributed by atoms with Crippen LogP contribution >= 0.6 is 0 Å². The van der Waals surface area contributed by atoms with Gasteiger partial charge in [-0.05, 0) is 12.8 Å². The molecular formula is C36H34F4N2O4Ti. The first-order valence-corrected chi connectivity index (χ1v) is 14.9. The van der Waals surface area contributed by atoms with E-state index >= 15 is 0 Å². The van der Waals surface area contributed by atoms with Crippen molar-refractivity contribution in [3.8, 4) is 0 Å². The standard InChI is InChI=1S/2C13H12F2NO2.2C5H5.Ti/c2*14-10-4-3-9(11(15)8-10)2-1-7-16-12(17)5-6-13(16)18;2*1-2-4-5-3-1;/h2*3-4H,1-2,5-7H2;2*1-5H;/q4*-1;+4. The van der Waals surface area contributed by atoms with Crippen molar-refractivity contribution in [1.82, 2.24) is 9.80 Å². The van der Waals surface area contributed by atoms with Crippen LogP contribution in [0.5, 0.6) is 0 Å². The molecule has 6 nitrogen and oxygen atoms in total. The van der Waals surface area contributed by atoms with Gasteiger partial charge < -0.3 is 0 Å². The van der Waals surface area contributed by atoms with E-state index < -0.39 is 23.3 Å². The molecule has 0 unspecified atom stereocenters. The summed E-state index contributed by atoms with van der Waals surface area (Å²) in [4.78, 5) is 47.7. The van der Waals surface area contributed by atoms with Crippen LogP contribution in [0.2, 0.25) is 0 Å². The van der Waals surface area contributed by atoms with Crippen LogP contribution in [0.4, 0.5) is 17.6 Å². The van der Waals surface area contributed by atoms with Gasteiger partial charge in [-0.3, -0.25) is 29.0 Å². The molecule has 0 atom stereocenters. The minimum atomic E-state index is -0.735. The number of halogens is 4. The van der Waals surface area contributed by atoms with E-state index in [2.05, 4.69) is 0 Å². The van der Waals surface area contributed by atoms with Gasteiger partial charge >= 0.3 is 21.7 Å². The Balaban J connectivity index is 0.000000248. The van der Waals surface area contributed by atoms with Crippen LogP contribution in [0, 0.1) is 35.4 Å². The molecule has 4 aromatic carbocycles. The average molecular weight is 683 g/mol. The number of imide groups is 2. The van der Waals surface area contributed by atoms with E-state index in [1.165, 1.54) is 21.9 Å². The summed E-state index contributed by atoms with van der Waals surface area (Å²) in [5.74, 6) is -3.60. The number of likely N-dealkylation sites (tertiary alicyclic amines) is 2. The van der Waals surface area contributed by atoms with E-state index in [1.54, 1.807) is 0 Å². The smallest absolute Gasteiger partial charge is 0.283 e. The Morgan fingerprint density at radius 1 is 0.553 bits per heavy atom. The van der Waals surface area contributed by atoms with Crippen LogP contribution in [0.25, 0.3) is 0 Å². The molecule has 2 aliphatic rings. The van der Waals surface area contributed by atoms with Crippen LogP contribution in [-0.4, -0.2) is 46.5 Å². The summed E-state index contributed by atoms with van der Waals surface area (Å²) in [6.07, 6.45) is 2.67. The van der Waals surface area contributed by atoms with Crippen LogP contribution in [0.1, 0.15) is 49.7 Å². The molecule has 0 bridgehead atoms. The van der Waals surface area contributed by atoms with Gasteiger partial charge in [0.1, 0.15) is 0 Å². The van der Waals surface area contributed by atoms with Crippen LogP contribution in [0.15, 0.2) is 84.9 Å². The Hall–Kier alpha value is -4.15. The maximum atomic E-state index is 13.3. The van der Waals surface area contributed by atoms with Gasteiger partial charge in [0.05, 0.1) is 0 Å². The second-order valence-corrected chi connectivity index (χ2v) is 10.3. The summed E-state index contributed by atoms with van der Waals surface area (Å²) < 4.78 is 51.8. The summed E-state index contributed by atoms with van der Waals surface area (Å²) in [5.41, 5.74) is 0.686. The maximum absolute atomic E-state index is 13.3. The third-order valence-corrected chi connectivity index (χ3v) is 6.96. The molecule has 0 N–H and O–H groups in total. The quantitative estimate of drug-likeness (QED) is 0.0921. The number of amides is 4. The summed E-state index contributed by atoms with van der Waals surface area (Å²) in [7, 11) is 0. The fraction of sp³-hybridized carbons (Fsp3) is 0.278. The summed E-state index contributed by atoms with van der Waals surface area (Å²) in [6.45, 7) is 0.572. The Labute approximate surface area is 287 Å². The zero-order valence-corrected chi connectivity index (χ0v) is 27.3. The Morgan fingerprint density at radius 3 is 1.13 bits per heavy atom. The van der Waals surface area contributed by atoms with Crippen LogP contribution in [0.3, 0.4) is 0 Å². The average Bonchev–Trinajstić information content (AvgIpc) is 3.87. The number of hydrogen-bond donors (Lipinski definition) is 0. The largest absolute Gasteiger partial charge is 4.00 e. The second-order valence-electron chi connectivity index (χ2n) is 10.3. The second kappa shape index (κ2) is 20.9. The van der Waals surface area contributed by atoms with Gasteiger partial charge in [0.2, 0.25) is 23.6 Å². The fourth-order valence-corrected chi connectivity index (χ4v) is 4.57. The molecule has 0 saturated carbocycles. The number of hydrogen-bond acceptors (Lipinski definition) is 4. The minimum Gasteiger partial charge on any atom is -0.283 e. The Kier molecular flexibility index (Phi) is 17.3. The van der Waals surface area contributed by atoms with Crippen molar-refractivity contribution in [2.45, 2.75) is 51.4 Å². The van der Waals surface area contributed by atoms with E-state index in [0.717, 1.165) is 12.1 Å². The van der Waals surface area contributed by atoms with Crippen molar-refractivity contribution in [3.63, 3.8) is 0 Å². The molecule has 2 fully saturated rings. The third-order valence-electron chi connectivity index (χ3n) is 6.96. The SMILES string of the molecule is O=C1CCC(=O)N1CCCc1ccc(F)[c-]c1F.O=C1CCC(=O)N1CCCc1ccc(F)[c-]c1F.[Ti+4].c1cc[cH-]c1.c1cc[cH-]c1. The van der Waals surface area contributed by atoms with E-state index in [1.807, 2.05) is 72.8 Å². The van der Waals surface area contributed by atoms with Gasteiger partial charge in [-0.15, -0.1) is 35.4 Å². The van der Waals surface area contributed by atoms with Crippen LogP contribution in [-0.2, 0) is 53.7 Å². The molecule has 2 aliphatic heterocycles. The molecule has 0 spiro atoms. The molecule has 47 heavy (non-hydrogen) atoms. The summed E-state index contributed by atoms with van der Waals surface area (Å²) >= 11 is 0. The van der Waals surface area contributed by atoms with E-state index in [-0.39, 0.29) is 84.1 Å². The summed E-state index contributed by atoms with van der Waals surface area (Å²) in [6, 6.07) is 28.9. The molecule has 0 aromatic heterocycles. The van der Waals surface area contributed by atoms with E-state index in [4.69, 9.17) is 0 Å². The molecule has 11 heteroatoms. The molecule has 6 rings (SSSR count). The van der Waals surface area contributed by atoms with Crippen LogP contribution < -0.4 is 0 Å². The van der Waals surface area contributed by atoms with Crippen molar-refractivity contribution in [2.24, 2.45) is 0 Å².